The number of fused-ring (bicyclic) bond motifs is 1. The highest BCUT2D eigenvalue weighted by atomic mass is 16.5. The van der Waals surface area contributed by atoms with Crippen LogP contribution in [0.5, 0.6) is 5.75 Å². The van der Waals surface area contributed by atoms with E-state index in [2.05, 4.69) is 5.32 Å². The quantitative estimate of drug-likeness (QED) is 0.659. The van der Waals surface area contributed by atoms with Gasteiger partial charge in [-0.1, -0.05) is 0 Å². The monoisotopic (exact) mass is 251 g/mol. The van der Waals surface area contributed by atoms with E-state index in [1.54, 1.807) is 19.2 Å². The summed E-state index contributed by atoms with van der Waals surface area (Å²) in [7, 11) is 1.61. The second-order valence-corrected chi connectivity index (χ2v) is 3.99. The molecule has 1 aliphatic heterocycles. The van der Waals surface area contributed by atoms with Gasteiger partial charge in [0.2, 0.25) is 0 Å². The van der Waals surface area contributed by atoms with Crippen molar-refractivity contribution < 1.29 is 19.4 Å². The molecule has 1 aliphatic rings. The molecule has 0 aromatic heterocycles. The predicted molar refractivity (Wildman–Crippen MR) is 65.9 cm³/mol. The van der Waals surface area contributed by atoms with Gasteiger partial charge in [-0.3, -0.25) is 9.59 Å². The van der Waals surface area contributed by atoms with Gasteiger partial charge in [-0.2, -0.15) is 0 Å². The molecule has 0 bridgehead atoms. The van der Waals surface area contributed by atoms with Crippen molar-refractivity contribution in [2.24, 2.45) is 0 Å². The number of rotatable bonds is 3. The highest BCUT2D eigenvalue weighted by Gasteiger charge is 2.19. The zero-order chi connectivity index (χ0) is 13.3. The van der Waals surface area contributed by atoms with Crippen molar-refractivity contribution in [3.05, 3.63) is 12.1 Å². The van der Waals surface area contributed by atoms with E-state index in [9.17, 15) is 9.59 Å². The van der Waals surface area contributed by atoms with E-state index >= 15 is 0 Å². The molecular formula is C11H13N3O4. The Balaban J connectivity index is 2.34. The molecule has 0 unspecified atom stereocenters. The van der Waals surface area contributed by atoms with Crippen LogP contribution in [0.25, 0.3) is 0 Å². The third kappa shape index (κ3) is 2.29. The average Bonchev–Trinajstić information content (AvgIpc) is 2.27. The van der Waals surface area contributed by atoms with Crippen LogP contribution in [-0.2, 0) is 9.59 Å². The molecule has 0 fully saturated rings. The lowest BCUT2D eigenvalue weighted by Gasteiger charge is -2.24. The first kappa shape index (κ1) is 12.0. The molecule has 18 heavy (non-hydrogen) atoms. The zero-order valence-corrected chi connectivity index (χ0v) is 9.77. The second-order valence-electron chi connectivity index (χ2n) is 3.99. The number of amides is 1. The summed E-state index contributed by atoms with van der Waals surface area (Å²) < 4.78 is 5.21. The smallest absolute Gasteiger partial charge is 0.323 e. The summed E-state index contributed by atoms with van der Waals surface area (Å²) in [6.45, 7) is -0.228. The molecule has 1 aromatic carbocycles. The lowest BCUT2D eigenvalue weighted by molar-refractivity contribution is -0.135. The molecule has 7 nitrogen and oxygen atoms in total. The maximum Gasteiger partial charge on any atom is 0.323 e. The van der Waals surface area contributed by atoms with E-state index in [-0.39, 0.29) is 19.1 Å². The Bertz CT molecular complexity index is 515. The number of hydrogen-bond donors (Lipinski definition) is 3. The van der Waals surface area contributed by atoms with Crippen molar-refractivity contribution >= 4 is 28.9 Å². The highest BCUT2D eigenvalue weighted by molar-refractivity contribution is 5.97. The van der Waals surface area contributed by atoms with Crippen LogP contribution in [0.1, 0.15) is 0 Å². The molecule has 0 radical (unpaired) electrons. The first-order valence-electron chi connectivity index (χ1n) is 5.26. The molecule has 4 N–H and O–H groups in total. The van der Waals surface area contributed by atoms with Crippen LogP contribution in [0.4, 0.5) is 17.1 Å². The molecule has 7 heteroatoms. The third-order valence-electron chi connectivity index (χ3n) is 2.55. The highest BCUT2D eigenvalue weighted by Crippen LogP contribution is 2.36. The van der Waals surface area contributed by atoms with Crippen LogP contribution in [0.2, 0.25) is 0 Å². The standard InChI is InChI=1S/C11H13N3O4/c1-14(4-11(16)17)8-3-7-9(2-6(8)12)18-5-10(15)13-7/h2-3H,4-5,12H2,1H3,(H,13,15)(H,16,17). The number of anilines is 3. The minimum atomic E-state index is -0.963. The number of nitrogens with two attached hydrogens (primary N) is 1. The number of nitrogens with one attached hydrogen (secondary N) is 1. The van der Waals surface area contributed by atoms with Crippen molar-refractivity contribution in [3.8, 4) is 5.75 Å². The minimum absolute atomic E-state index is 0.0449. The number of carboxylic acid groups (broad SMARTS) is 1. The molecule has 0 aliphatic carbocycles. The van der Waals surface area contributed by atoms with Gasteiger partial charge in [-0.25, -0.2) is 0 Å². The summed E-state index contributed by atoms with van der Waals surface area (Å²) >= 11 is 0. The van der Waals surface area contributed by atoms with Gasteiger partial charge in [0, 0.05) is 13.1 Å². The van der Waals surface area contributed by atoms with Crippen LogP contribution in [0.3, 0.4) is 0 Å². The number of carbonyl (C=O) groups excluding carboxylic acids is 1. The number of likely N-dealkylation sites (N-methyl/N-ethyl adjacent to an activating group) is 1. The van der Waals surface area contributed by atoms with Gasteiger partial charge in [0.1, 0.15) is 12.3 Å². The van der Waals surface area contributed by atoms with Crippen molar-refractivity contribution in [1.29, 1.82) is 0 Å². The summed E-state index contributed by atoms with van der Waals surface area (Å²) in [5.41, 5.74) is 7.25. The van der Waals surface area contributed by atoms with E-state index in [0.717, 1.165) is 0 Å². The number of hydrogen-bond acceptors (Lipinski definition) is 5. The zero-order valence-electron chi connectivity index (χ0n) is 9.77. The Morgan fingerprint density at radius 3 is 3.00 bits per heavy atom. The normalized spacial score (nSPS) is 13.3. The van der Waals surface area contributed by atoms with Crippen LogP contribution in [-0.4, -0.2) is 37.2 Å². The minimum Gasteiger partial charge on any atom is -0.482 e. The van der Waals surface area contributed by atoms with Gasteiger partial charge in [0.15, 0.2) is 6.61 Å². The fraction of sp³-hybridized carbons (Fsp3) is 0.273. The van der Waals surface area contributed by atoms with Crippen LogP contribution in [0.15, 0.2) is 12.1 Å². The Labute approximate surface area is 103 Å². The van der Waals surface area contributed by atoms with Crippen LogP contribution in [0, 0.1) is 0 Å². The number of aliphatic carboxylic acids is 1. The molecule has 1 heterocycles. The first-order valence-corrected chi connectivity index (χ1v) is 5.26. The molecule has 2 rings (SSSR count). The summed E-state index contributed by atoms with van der Waals surface area (Å²) in [6.07, 6.45) is 0. The maximum atomic E-state index is 11.2. The Hall–Kier alpha value is -2.44. The molecule has 96 valence electrons. The van der Waals surface area contributed by atoms with Crippen molar-refractivity contribution in [1.82, 2.24) is 0 Å². The van der Waals surface area contributed by atoms with Gasteiger partial charge < -0.3 is 25.8 Å². The van der Waals surface area contributed by atoms with Crippen molar-refractivity contribution in [2.75, 3.05) is 36.1 Å². The number of ether oxygens (including phenoxy) is 1. The third-order valence-corrected chi connectivity index (χ3v) is 2.55. The fourth-order valence-electron chi connectivity index (χ4n) is 1.75. The summed E-state index contributed by atoms with van der Waals surface area (Å²) in [5, 5.41) is 11.4. The van der Waals surface area contributed by atoms with Crippen molar-refractivity contribution in [3.63, 3.8) is 0 Å². The largest absolute Gasteiger partial charge is 0.482 e. The topological polar surface area (TPSA) is 105 Å². The van der Waals surface area contributed by atoms with Gasteiger partial charge in [-0.05, 0) is 6.07 Å². The summed E-state index contributed by atoms with van der Waals surface area (Å²) in [6, 6.07) is 3.17. The number of benzene rings is 1. The number of nitrogens with zero attached hydrogens (tertiary/aromatic N) is 1. The SMILES string of the molecule is CN(CC(=O)O)c1cc2c(cc1N)OCC(=O)N2. The molecule has 0 saturated carbocycles. The molecule has 1 amide bonds. The van der Waals surface area contributed by atoms with E-state index in [1.807, 2.05) is 0 Å². The number of carbonyl (C=O) groups is 2. The van der Waals surface area contributed by atoms with E-state index in [1.165, 1.54) is 4.90 Å². The number of carboxylic acids is 1. The Morgan fingerprint density at radius 1 is 1.61 bits per heavy atom. The van der Waals surface area contributed by atoms with Crippen LogP contribution >= 0.6 is 0 Å². The lowest BCUT2D eigenvalue weighted by atomic mass is 10.2. The first-order chi connectivity index (χ1) is 8.47. The Morgan fingerprint density at radius 2 is 2.33 bits per heavy atom. The lowest BCUT2D eigenvalue weighted by Crippen LogP contribution is -2.28. The number of nitrogen functional groups attached to an aromatic ring is 1. The van der Waals surface area contributed by atoms with Gasteiger partial charge in [-0.15, -0.1) is 0 Å². The second kappa shape index (κ2) is 4.44. The molecule has 0 saturated heterocycles. The van der Waals surface area contributed by atoms with Gasteiger partial charge >= 0.3 is 5.97 Å². The molecular weight excluding hydrogens is 238 g/mol. The fourth-order valence-corrected chi connectivity index (χ4v) is 1.75. The molecule has 0 atom stereocenters. The summed E-state index contributed by atoms with van der Waals surface area (Å²) in [4.78, 5) is 23.3. The van der Waals surface area contributed by atoms with Gasteiger partial charge in [0.05, 0.1) is 17.1 Å². The summed E-state index contributed by atoms with van der Waals surface area (Å²) in [5.74, 6) is -0.728. The molecule has 0 spiro atoms. The van der Waals surface area contributed by atoms with E-state index in [4.69, 9.17) is 15.6 Å². The Kier molecular flexibility index (Phi) is 2.97. The van der Waals surface area contributed by atoms with Crippen molar-refractivity contribution in [2.45, 2.75) is 0 Å². The maximum absolute atomic E-state index is 11.2. The van der Waals surface area contributed by atoms with E-state index in [0.29, 0.717) is 22.8 Å². The molecule has 1 aromatic rings. The predicted octanol–water partition coefficient (Wildman–Crippen LogP) is 0.120. The average molecular weight is 251 g/mol. The van der Waals surface area contributed by atoms with E-state index < -0.39 is 5.97 Å². The van der Waals surface area contributed by atoms with Gasteiger partial charge in [0.25, 0.3) is 5.91 Å². The van der Waals surface area contributed by atoms with Crippen LogP contribution < -0.4 is 20.7 Å².